The van der Waals surface area contributed by atoms with Gasteiger partial charge in [0.1, 0.15) is 5.82 Å². The van der Waals surface area contributed by atoms with Gasteiger partial charge < -0.3 is 5.32 Å². The van der Waals surface area contributed by atoms with Gasteiger partial charge in [0.25, 0.3) is 0 Å². The van der Waals surface area contributed by atoms with Gasteiger partial charge in [0.15, 0.2) is 0 Å². The second kappa shape index (κ2) is 8.82. The third-order valence-electron chi connectivity index (χ3n) is 5.34. The molecule has 0 aliphatic carbocycles. The summed E-state index contributed by atoms with van der Waals surface area (Å²) in [4.78, 5) is 19.5. The molecule has 1 aliphatic heterocycles. The Kier molecular flexibility index (Phi) is 6.45. The van der Waals surface area contributed by atoms with E-state index in [2.05, 4.69) is 15.2 Å². The molecule has 0 radical (unpaired) electrons. The molecule has 28 heavy (non-hydrogen) atoms. The van der Waals surface area contributed by atoms with E-state index < -0.39 is 5.41 Å². The lowest BCUT2D eigenvalue weighted by molar-refractivity contribution is -0.130. The van der Waals surface area contributed by atoms with Gasteiger partial charge in [0, 0.05) is 30.3 Å². The van der Waals surface area contributed by atoms with E-state index in [4.69, 9.17) is 0 Å². The monoisotopic (exact) mass is 383 g/mol. The summed E-state index contributed by atoms with van der Waals surface area (Å²) in [6, 6.07) is 12.6. The minimum absolute atomic E-state index is 0.0226. The first-order valence-electron chi connectivity index (χ1n) is 10.0. The van der Waals surface area contributed by atoms with Gasteiger partial charge in [-0.05, 0) is 43.5 Å². The normalized spacial score (nSPS) is 19.2. The highest BCUT2D eigenvalue weighted by molar-refractivity contribution is 5.81. The van der Waals surface area contributed by atoms with Gasteiger partial charge in [-0.15, -0.1) is 0 Å². The molecule has 0 bridgehead atoms. The van der Waals surface area contributed by atoms with E-state index in [-0.39, 0.29) is 23.7 Å². The fourth-order valence-corrected chi connectivity index (χ4v) is 3.73. The Morgan fingerprint density at radius 3 is 2.68 bits per heavy atom. The van der Waals surface area contributed by atoms with Crippen molar-refractivity contribution in [1.29, 1.82) is 0 Å². The highest BCUT2D eigenvalue weighted by Gasteiger charge is 2.33. The molecule has 1 saturated heterocycles. The zero-order valence-corrected chi connectivity index (χ0v) is 17.0. The zero-order chi connectivity index (χ0) is 20.1. The van der Waals surface area contributed by atoms with E-state index >= 15 is 0 Å². The zero-order valence-electron chi connectivity index (χ0n) is 17.0. The van der Waals surface area contributed by atoms with Crippen LogP contribution in [0, 0.1) is 17.2 Å². The summed E-state index contributed by atoms with van der Waals surface area (Å²) >= 11 is 0. The van der Waals surface area contributed by atoms with Crippen molar-refractivity contribution in [3.63, 3.8) is 0 Å². The number of piperidine rings is 1. The topological polar surface area (TPSA) is 45.2 Å². The molecule has 0 unspecified atom stereocenters. The summed E-state index contributed by atoms with van der Waals surface area (Å²) < 4.78 is 14.1. The number of carbonyl (C=O) groups excluding carboxylic acids is 1. The Balaban J connectivity index is 1.77. The van der Waals surface area contributed by atoms with E-state index in [0.717, 1.165) is 37.2 Å². The number of benzene rings is 1. The smallest absolute Gasteiger partial charge is 0.225 e. The lowest BCUT2D eigenvalue weighted by Gasteiger charge is -2.38. The van der Waals surface area contributed by atoms with Crippen molar-refractivity contribution < 1.29 is 9.18 Å². The number of aromatic nitrogens is 1. The molecule has 1 aliphatic rings. The van der Waals surface area contributed by atoms with Crippen LogP contribution in [0.3, 0.4) is 0 Å². The molecule has 0 saturated carbocycles. The molecule has 5 heteroatoms. The quantitative estimate of drug-likeness (QED) is 0.836. The largest absolute Gasteiger partial charge is 0.347 e. The van der Waals surface area contributed by atoms with Crippen molar-refractivity contribution >= 4 is 5.91 Å². The summed E-state index contributed by atoms with van der Waals surface area (Å²) in [7, 11) is 0. The summed E-state index contributed by atoms with van der Waals surface area (Å²) in [5, 5.41) is 3.24. The van der Waals surface area contributed by atoms with Gasteiger partial charge in [-0.2, -0.15) is 0 Å². The van der Waals surface area contributed by atoms with Crippen molar-refractivity contribution in [3.05, 3.63) is 65.7 Å². The van der Waals surface area contributed by atoms with Crippen LogP contribution in [0.2, 0.25) is 0 Å². The van der Waals surface area contributed by atoms with E-state index in [1.54, 1.807) is 12.3 Å². The van der Waals surface area contributed by atoms with E-state index in [9.17, 15) is 9.18 Å². The number of hydrogen-bond acceptors (Lipinski definition) is 3. The number of nitrogens with zero attached hydrogens (tertiary/aromatic N) is 2. The van der Waals surface area contributed by atoms with Crippen LogP contribution in [0.4, 0.5) is 4.39 Å². The molecule has 1 N–H and O–H groups in total. The first-order valence-corrected chi connectivity index (χ1v) is 10.0. The van der Waals surface area contributed by atoms with Gasteiger partial charge in [-0.25, -0.2) is 4.39 Å². The fraction of sp³-hybridized carbons (Fsp3) is 0.478. The number of rotatable bonds is 5. The van der Waals surface area contributed by atoms with Gasteiger partial charge in [-0.3, -0.25) is 14.7 Å². The van der Waals surface area contributed by atoms with Crippen molar-refractivity contribution in [3.8, 4) is 0 Å². The number of nitrogens with one attached hydrogen (secondary N) is 1. The molecular weight excluding hydrogens is 353 g/mol. The molecule has 4 nitrogen and oxygen atoms in total. The van der Waals surface area contributed by atoms with Crippen molar-refractivity contribution in [2.24, 2.45) is 11.3 Å². The Bertz CT molecular complexity index is 788. The summed E-state index contributed by atoms with van der Waals surface area (Å²) in [6.07, 6.45) is 3.80. The summed E-state index contributed by atoms with van der Waals surface area (Å²) in [6.45, 7) is 8.09. The second-order valence-corrected chi connectivity index (χ2v) is 8.68. The Morgan fingerprint density at radius 1 is 1.25 bits per heavy atom. The number of hydrogen-bond donors (Lipinski definition) is 1. The fourth-order valence-electron chi connectivity index (χ4n) is 3.73. The van der Waals surface area contributed by atoms with E-state index in [1.807, 2.05) is 51.1 Å². The van der Waals surface area contributed by atoms with Crippen LogP contribution in [0.5, 0.6) is 0 Å². The summed E-state index contributed by atoms with van der Waals surface area (Å²) in [5.74, 6) is 0.100. The van der Waals surface area contributed by atoms with Crippen LogP contribution in [0.1, 0.15) is 50.9 Å². The summed E-state index contributed by atoms with van der Waals surface area (Å²) in [5.41, 5.74) is 1.14. The Hall–Kier alpha value is -2.27. The maximum Gasteiger partial charge on any atom is 0.225 e. The number of pyridine rings is 1. The average molecular weight is 384 g/mol. The number of amides is 1. The lowest BCUT2D eigenvalue weighted by atomic mass is 9.86. The molecule has 2 atom stereocenters. The minimum atomic E-state index is -0.464. The van der Waals surface area contributed by atoms with Crippen LogP contribution in [-0.2, 0) is 11.3 Å². The van der Waals surface area contributed by atoms with Crippen molar-refractivity contribution in [2.75, 3.05) is 13.1 Å². The lowest BCUT2D eigenvalue weighted by Crippen LogP contribution is -2.45. The molecule has 0 spiro atoms. The highest BCUT2D eigenvalue weighted by atomic mass is 19.1. The van der Waals surface area contributed by atoms with Crippen LogP contribution < -0.4 is 5.32 Å². The van der Waals surface area contributed by atoms with Crippen molar-refractivity contribution in [2.45, 2.75) is 46.2 Å². The molecule has 3 rings (SSSR count). The maximum absolute atomic E-state index is 14.1. The number of carbonyl (C=O) groups is 1. The molecule has 1 aromatic carbocycles. The SMILES string of the molecule is CC(C)(C)C(=O)N[C@@H](c1ccccn1)[C@H]1CCCN(Cc2ccccc2F)C1. The van der Waals surface area contributed by atoms with Crippen LogP contribution in [0.15, 0.2) is 48.7 Å². The number of halogens is 1. The molecule has 1 amide bonds. The Labute approximate surface area is 167 Å². The van der Waals surface area contributed by atoms with Crippen LogP contribution >= 0.6 is 0 Å². The first kappa shape index (κ1) is 20.5. The molecular formula is C23H30FN3O. The number of likely N-dealkylation sites (tertiary alicyclic amines) is 1. The predicted octanol–water partition coefficient (Wildman–Crippen LogP) is 4.34. The van der Waals surface area contributed by atoms with E-state index in [1.165, 1.54) is 6.07 Å². The van der Waals surface area contributed by atoms with Crippen LogP contribution in [-0.4, -0.2) is 28.9 Å². The third-order valence-corrected chi connectivity index (χ3v) is 5.34. The van der Waals surface area contributed by atoms with Gasteiger partial charge >= 0.3 is 0 Å². The third kappa shape index (κ3) is 5.16. The molecule has 150 valence electrons. The highest BCUT2D eigenvalue weighted by Crippen LogP contribution is 2.31. The maximum atomic E-state index is 14.1. The molecule has 1 fully saturated rings. The molecule has 1 aromatic heterocycles. The van der Waals surface area contributed by atoms with Gasteiger partial charge in [0.2, 0.25) is 5.91 Å². The standard InChI is InChI=1S/C23H30FN3O/c1-23(2,3)22(28)26-21(20-12-6-7-13-25-20)18-10-8-14-27(16-18)15-17-9-4-5-11-19(17)24/h4-7,9,11-13,18,21H,8,10,14-16H2,1-3H3,(H,26,28)/t18-,21+/m0/s1. The molecule has 2 aromatic rings. The average Bonchev–Trinajstić information content (AvgIpc) is 2.68. The van der Waals surface area contributed by atoms with E-state index in [0.29, 0.717) is 6.54 Å². The van der Waals surface area contributed by atoms with Crippen LogP contribution in [0.25, 0.3) is 0 Å². The van der Waals surface area contributed by atoms with Crippen molar-refractivity contribution in [1.82, 2.24) is 15.2 Å². The Morgan fingerprint density at radius 2 is 2.00 bits per heavy atom. The van der Waals surface area contributed by atoms with Gasteiger partial charge in [0.05, 0.1) is 11.7 Å². The second-order valence-electron chi connectivity index (χ2n) is 8.68. The molecule has 2 heterocycles. The minimum Gasteiger partial charge on any atom is -0.347 e. The first-order chi connectivity index (χ1) is 13.3. The van der Waals surface area contributed by atoms with Gasteiger partial charge in [-0.1, -0.05) is 45.0 Å². The predicted molar refractivity (Wildman–Crippen MR) is 109 cm³/mol.